The lowest BCUT2D eigenvalue weighted by atomic mass is 10.1. The molecule has 3 heteroatoms. The molecule has 0 radical (unpaired) electrons. The minimum Gasteiger partial charge on any atom is -0.402 e. The molecule has 0 N–H and O–H groups in total. The van der Waals surface area contributed by atoms with Gasteiger partial charge in [-0.05, 0) is 25.6 Å². The molecule has 64 valence electrons. The van der Waals surface area contributed by atoms with Crippen LogP contribution < -0.4 is 0 Å². The molecule has 0 spiro atoms. The van der Waals surface area contributed by atoms with Crippen molar-refractivity contribution in [1.29, 1.82) is 5.26 Å². The van der Waals surface area contributed by atoms with Crippen LogP contribution in [0, 0.1) is 17.2 Å². The first-order valence-corrected chi connectivity index (χ1v) is 7.35. The summed E-state index contributed by atoms with van der Waals surface area (Å²) in [6.07, 6.45) is -0.221. The third-order valence-corrected chi connectivity index (χ3v) is 2.17. The van der Waals surface area contributed by atoms with Crippen molar-refractivity contribution in [2.75, 3.05) is 0 Å². The van der Waals surface area contributed by atoms with Crippen LogP contribution in [0.5, 0.6) is 0 Å². The van der Waals surface area contributed by atoms with Crippen LogP contribution in [0.2, 0.25) is 19.6 Å². The molecule has 0 rings (SSSR count). The Morgan fingerprint density at radius 3 is 1.82 bits per heavy atom. The molecule has 0 unspecified atom stereocenters. The third-order valence-electron chi connectivity index (χ3n) is 1.21. The molecule has 1 atom stereocenters. The molecule has 0 heterocycles. The Bertz CT molecular complexity index is 154. The van der Waals surface area contributed by atoms with Gasteiger partial charge in [-0.25, -0.2) is 0 Å². The number of hydrogen-bond acceptors (Lipinski definition) is 2. The minimum absolute atomic E-state index is 0.221. The van der Waals surface area contributed by atoms with E-state index in [1.54, 1.807) is 0 Å². The van der Waals surface area contributed by atoms with E-state index in [2.05, 4.69) is 25.7 Å². The van der Waals surface area contributed by atoms with Crippen LogP contribution in [0.25, 0.3) is 0 Å². The molecule has 0 aliphatic carbocycles. The number of nitriles is 1. The molecule has 2 nitrogen and oxygen atoms in total. The summed E-state index contributed by atoms with van der Waals surface area (Å²) >= 11 is 0. The Hall–Kier alpha value is -0.333. The Morgan fingerprint density at radius 2 is 1.73 bits per heavy atom. The van der Waals surface area contributed by atoms with Gasteiger partial charge in [-0.3, -0.25) is 0 Å². The highest BCUT2D eigenvalue weighted by Crippen LogP contribution is 2.12. The van der Waals surface area contributed by atoms with Crippen LogP contribution in [0.4, 0.5) is 0 Å². The smallest absolute Gasteiger partial charge is 0.185 e. The topological polar surface area (TPSA) is 33.0 Å². The van der Waals surface area contributed by atoms with Crippen molar-refractivity contribution in [2.45, 2.75) is 39.6 Å². The Labute approximate surface area is 70.3 Å². The SMILES string of the molecule is CC(C)[C@H](C#N)O[Si](C)(C)C. The van der Waals surface area contributed by atoms with Gasteiger partial charge in [-0.2, -0.15) is 5.26 Å². The van der Waals surface area contributed by atoms with E-state index in [0.29, 0.717) is 5.92 Å². The summed E-state index contributed by atoms with van der Waals surface area (Å²) in [5, 5.41) is 8.71. The van der Waals surface area contributed by atoms with E-state index in [9.17, 15) is 0 Å². The number of nitrogens with zero attached hydrogens (tertiary/aromatic N) is 1. The van der Waals surface area contributed by atoms with Crippen LogP contribution in [0.3, 0.4) is 0 Å². The van der Waals surface area contributed by atoms with E-state index in [4.69, 9.17) is 9.69 Å². The van der Waals surface area contributed by atoms with Gasteiger partial charge in [-0.1, -0.05) is 13.8 Å². The van der Waals surface area contributed by atoms with Crippen LogP contribution >= 0.6 is 0 Å². The maximum absolute atomic E-state index is 8.71. The maximum atomic E-state index is 8.71. The second kappa shape index (κ2) is 3.89. The first kappa shape index (κ1) is 10.7. The summed E-state index contributed by atoms with van der Waals surface area (Å²) in [4.78, 5) is 0. The molecule has 0 fully saturated rings. The molecule has 0 aliphatic rings. The van der Waals surface area contributed by atoms with Gasteiger partial charge < -0.3 is 4.43 Å². The molecule has 0 amide bonds. The van der Waals surface area contributed by atoms with E-state index in [-0.39, 0.29) is 6.10 Å². The first-order valence-electron chi connectivity index (χ1n) is 3.94. The molecule has 0 saturated heterocycles. The van der Waals surface area contributed by atoms with Gasteiger partial charge in [0.05, 0.1) is 6.07 Å². The van der Waals surface area contributed by atoms with Crippen molar-refractivity contribution in [3.05, 3.63) is 0 Å². The minimum atomic E-state index is -1.53. The van der Waals surface area contributed by atoms with Gasteiger partial charge in [0.15, 0.2) is 8.32 Å². The van der Waals surface area contributed by atoms with Crippen molar-refractivity contribution >= 4 is 8.32 Å². The second-order valence-electron chi connectivity index (χ2n) is 4.02. The highest BCUT2D eigenvalue weighted by Gasteiger charge is 2.22. The van der Waals surface area contributed by atoms with E-state index in [1.807, 2.05) is 13.8 Å². The summed E-state index contributed by atoms with van der Waals surface area (Å²) < 4.78 is 5.63. The van der Waals surface area contributed by atoms with Crippen molar-refractivity contribution in [3.8, 4) is 6.07 Å². The van der Waals surface area contributed by atoms with E-state index < -0.39 is 8.32 Å². The monoisotopic (exact) mass is 171 g/mol. The molecule has 0 aromatic rings. The normalized spacial score (nSPS) is 14.6. The zero-order chi connectivity index (χ0) is 9.07. The number of rotatable bonds is 3. The average molecular weight is 171 g/mol. The fourth-order valence-electron chi connectivity index (χ4n) is 0.692. The Morgan fingerprint density at radius 1 is 1.27 bits per heavy atom. The first-order chi connectivity index (χ1) is 4.87. The van der Waals surface area contributed by atoms with Crippen molar-refractivity contribution in [3.63, 3.8) is 0 Å². The van der Waals surface area contributed by atoms with E-state index in [0.717, 1.165) is 0 Å². The summed E-state index contributed by atoms with van der Waals surface area (Å²) in [6, 6.07) is 2.17. The zero-order valence-electron chi connectivity index (χ0n) is 8.01. The van der Waals surface area contributed by atoms with Crippen LogP contribution in [0.1, 0.15) is 13.8 Å². The Kier molecular flexibility index (Phi) is 3.77. The molecule has 0 aromatic carbocycles. The van der Waals surface area contributed by atoms with E-state index >= 15 is 0 Å². The van der Waals surface area contributed by atoms with Gasteiger partial charge >= 0.3 is 0 Å². The molecule has 0 aromatic heterocycles. The summed E-state index contributed by atoms with van der Waals surface area (Å²) in [6.45, 7) is 10.3. The molecule has 0 bridgehead atoms. The molecular formula is C8H17NOSi. The highest BCUT2D eigenvalue weighted by atomic mass is 28.4. The number of hydrogen-bond donors (Lipinski definition) is 0. The van der Waals surface area contributed by atoms with Crippen LogP contribution in [-0.2, 0) is 4.43 Å². The fourth-order valence-corrected chi connectivity index (χ4v) is 1.78. The maximum Gasteiger partial charge on any atom is 0.185 e. The molecule has 0 aliphatic heterocycles. The Balaban J connectivity index is 4.02. The molecular weight excluding hydrogens is 154 g/mol. The van der Waals surface area contributed by atoms with Crippen LogP contribution in [0.15, 0.2) is 0 Å². The summed E-state index contributed by atoms with van der Waals surface area (Å²) in [5.41, 5.74) is 0. The quantitative estimate of drug-likeness (QED) is 0.611. The lowest BCUT2D eigenvalue weighted by molar-refractivity contribution is 0.197. The highest BCUT2D eigenvalue weighted by molar-refractivity contribution is 6.69. The van der Waals surface area contributed by atoms with Gasteiger partial charge in [0.25, 0.3) is 0 Å². The van der Waals surface area contributed by atoms with Crippen molar-refractivity contribution in [1.82, 2.24) is 0 Å². The van der Waals surface area contributed by atoms with Crippen molar-refractivity contribution < 1.29 is 4.43 Å². The predicted molar refractivity (Wildman–Crippen MR) is 48.7 cm³/mol. The summed E-state index contributed by atoms with van der Waals surface area (Å²) in [5.74, 6) is 0.298. The molecule has 11 heavy (non-hydrogen) atoms. The lowest BCUT2D eigenvalue weighted by Gasteiger charge is -2.23. The fraction of sp³-hybridized carbons (Fsp3) is 0.875. The molecule has 0 saturated carbocycles. The largest absolute Gasteiger partial charge is 0.402 e. The van der Waals surface area contributed by atoms with Gasteiger partial charge in [0.2, 0.25) is 0 Å². The van der Waals surface area contributed by atoms with Gasteiger partial charge in [0, 0.05) is 0 Å². The van der Waals surface area contributed by atoms with Crippen molar-refractivity contribution in [2.24, 2.45) is 5.92 Å². The standard InChI is InChI=1S/C8H17NOSi/c1-7(2)8(6-9)10-11(3,4)5/h7-8H,1-5H3/t8-/m0/s1. The average Bonchev–Trinajstić information content (AvgIpc) is 1.80. The summed E-state index contributed by atoms with van der Waals surface area (Å²) in [7, 11) is -1.53. The van der Waals surface area contributed by atoms with E-state index in [1.165, 1.54) is 0 Å². The van der Waals surface area contributed by atoms with Crippen LogP contribution in [-0.4, -0.2) is 14.4 Å². The van der Waals surface area contributed by atoms with Gasteiger partial charge in [-0.15, -0.1) is 0 Å². The zero-order valence-corrected chi connectivity index (χ0v) is 9.01. The predicted octanol–water partition coefficient (Wildman–Crippen LogP) is 2.39. The van der Waals surface area contributed by atoms with Gasteiger partial charge in [0.1, 0.15) is 6.10 Å². The lowest BCUT2D eigenvalue weighted by Crippen LogP contribution is -2.33. The second-order valence-corrected chi connectivity index (χ2v) is 8.48. The third kappa shape index (κ3) is 4.99.